The van der Waals surface area contributed by atoms with E-state index >= 15 is 0 Å². The molecule has 0 aliphatic carbocycles. The van der Waals surface area contributed by atoms with E-state index in [1.165, 1.54) is 10.9 Å². The molecule has 0 unspecified atom stereocenters. The second-order valence-corrected chi connectivity index (χ2v) is 5.69. The van der Waals surface area contributed by atoms with E-state index in [2.05, 4.69) is 19.2 Å². The molecule has 0 saturated heterocycles. The zero-order valence-electron chi connectivity index (χ0n) is 10.6. The van der Waals surface area contributed by atoms with E-state index in [0.29, 0.717) is 11.4 Å². The van der Waals surface area contributed by atoms with Crippen LogP contribution in [0.1, 0.15) is 0 Å². The van der Waals surface area contributed by atoms with E-state index in [0.717, 1.165) is 19.5 Å². The number of hydrogen-bond acceptors (Lipinski definition) is 6. The third kappa shape index (κ3) is 3.75. The Labute approximate surface area is 115 Å². The second-order valence-electron chi connectivity index (χ2n) is 3.83. The Morgan fingerprint density at radius 2 is 2.00 bits per heavy atom. The number of rotatable bonds is 5. The number of nitrogens with zero attached hydrogens (tertiary/aromatic N) is 4. The molecule has 0 spiro atoms. The maximum Gasteiger partial charge on any atom is 0.273 e. The van der Waals surface area contributed by atoms with Crippen LogP contribution in [-0.4, -0.2) is 36.3 Å². The number of hydrogen-bond donors (Lipinski definition) is 0. The van der Waals surface area contributed by atoms with E-state index in [9.17, 15) is 12.8 Å². The molecule has 0 saturated carbocycles. The maximum absolute atomic E-state index is 12.7. The SMILES string of the molecule is COS(=O)(=O)CC[n+]1ccc(-c2ncc(F)cn2)cn1. The Bertz CT molecular complexity index is 674. The molecule has 0 atom stereocenters. The summed E-state index contributed by atoms with van der Waals surface area (Å²) >= 11 is 0. The lowest BCUT2D eigenvalue weighted by atomic mass is 10.3. The highest BCUT2D eigenvalue weighted by Gasteiger charge is 2.14. The average Bonchev–Trinajstić information content (AvgIpc) is 2.47. The molecule has 0 amide bonds. The summed E-state index contributed by atoms with van der Waals surface area (Å²) in [6.07, 6.45) is 5.20. The average molecular weight is 299 g/mol. The number of aromatic nitrogens is 4. The zero-order chi connectivity index (χ0) is 14.6. The van der Waals surface area contributed by atoms with Crippen LogP contribution in [0.4, 0.5) is 4.39 Å². The molecule has 0 aliphatic heterocycles. The van der Waals surface area contributed by atoms with Gasteiger partial charge >= 0.3 is 0 Å². The smallest absolute Gasteiger partial charge is 0.273 e. The fourth-order valence-electron chi connectivity index (χ4n) is 1.40. The van der Waals surface area contributed by atoms with E-state index < -0.39 is 15.9 Å². The van der Waals surface area contributed by atoms with Crippen molar-refractivity contribution < 1.29 is 21.7 Å². The van der Waals surface area contributed by atoms with E-state index in [4.69, 9.17) is 0 Å². The number of aryl methyl sites for hydroxylation is 1. The summed E-state index contributed by atoms with van der Waals surface area (Å²) < 4.78 is 40.8. The lowest BCUT2D eigenvalue weighted by Gasteiger charge is -1.99. The minimum absolute atomic E-state index is 0.167. The highest BCUT2D eigenvalue weighted by molar-refractivity contribution is 7.86. The molecule has 0 radical (unpaired) electrons. The molecule has 0 aliphatic rings. The van der Waals surface area contributed by atoms with E-state index in [1.807, 2.05) is 0 Å². The summed E-state index contributed by atoms with van der Waals surface area (Å²) in [5, 5.41) is 4.04. The maximum atomic E-state index is 12.7. The van der Waals surface area contributed by atoms with Gasteiger partial charge < -0.3 is 0 Å². The standard InChI is InChI=1S/C11H12FN4O3S/c1-19-20(17,18)5-4-16-3-2-9(6-15-16)11-13-7-10(12)8-14-11/h2-3,6-8H,4-5H2,1H3/q+1. The van der Waals surface area contributed by atoms with Gasteiger partial charge in [-0.2, -0.15) is 8.42 Å². The van der Waals surface area contributed by atoms with Crippen LogP contribution >= 0.6 is 0 Å². The van der Waals surface area contributed by atoms with Gasteiger partial charge in [-0.05, 0) is 5.10 Å². The van der Waals surface area contributed by atoms with Gasteiger partial charge in [0.05, 0.1) is 19.5 Å². The van der Waals surface area contributed by atoms with Gasteiger partial charge in [0, 0.05) is 11.6 Å². The van der Waals surface area contributed by atoms with Gasteiger partial charge in [-0.25, -0.2) is 14.4 Å². The molecule has 0 N–H and O–H groups in total. The Hall–Kier alpha value is -2.00. The molecule has 2 aromatic rings. The van der Waals surface area contributed by atoms with E-state index in [1.54, 1.807) is 12.3 Å². The first-order valence-corrected chi connectivity index (χ1v) is 7.20. The first-order valence-electron chi connectivity index (χ1n) is 5.62. The molecule has 2 heterocycles. The van der Waals surface area contributed by atoms with Crippen molar-refractivity contribution in [3.63, 3.8) is 0 Å². The van der Waals surface area contributed by atoms with E-state index in [-0.39, 0.29) is 12.3 Å². The van der Waals surface area contributed by atoms with Crippen LogP contribution in [-0.2, 0) is 20.8 Å². The molecule has 2 rings (SSSR count). The van der Waals surface area contributed by atoms with Crippen LogP contribution < -0.4 is 4.68 Å². The molecule has 0 fully saturated rings. The molecule has 0 aromatic carbocycles. The molecule has 2 aromatic heterocycles. The first kappa shape index (κ1) is 14.4. The van der Waals surface area contributed by atoms with Crippen LogP contribution in [0.2, 0.25) is 0 Å². The van der Waals surface area contributed by atoms with Crippen LogP contribution in [0.3, 0.4) is 0 Å². The quantitative estimate of drug-likeness (QED) is 0.568. The summed E-state index contributed by atoms with van der Waals surface area (Å²) in [7, 11) is -2.40. The van der Waals surface area contributed by atoms with Gasteiger partial charge in [0.25, 0.3) is 10.1 Å². The minimum Gasteiger partial charge on any atom is -0.273 e. The van der Waals surface area contributed by atoms with Crippen molar-refractivity contribution in [1.29, 1.82) is 0 Å². The minimum atomic E-state index is -3.51. The molecule has 9 heteroatoms. The molecular formula is C11H12FN4O3S+. The fourth-order valence-corrected chi connectivity index (χ4v) is 1.98. The second kappa shape index (κ2) is 5.97. The van der Waals surface area contributed by atoms with Crippen LogP contribution in [0.15, 0.2) is 30.9 Å². The molecule has 106 valence electrons. The zero-order valence-corrected chi connectivity index (χ0v) is 11.4. The Morgan fingerprint density at radius 1 is 1.30 bits per heavy atom. The normalized spacial score (nSPS) is 11.5. The molecular weight excluding hydrogens is 287 g/mol. The van der Waals surface area contributed by atoms with Crippen LogP contribution in [0.5, 0.6) is 0 Å². The van der Waals surface area contributed by atoms with Gasteiger partial charge in [0.1, 0.15) is 11.9 Å². The van der Waals surface area contributed by atoms with Gasteiger partial charge in [-0.3, -0.25) is 4.18 Å². The van der Waals surface area contributed by atoms with Crippen molar-refractivity contribution in [2.75, 3.05) is 12.9 Å². The molecule has 7 nitrogen and oxygen atoms in total. The van der Waals surface area contributed by atoms with Crippen molar-refractivity contribution in [2.24, 2.45) is 0 Å². The van der Waals surface area contributed by atoms with Gasteiger partial charge in [0.15, 0.2) is 24.4 Å². The summed E-state index contributed by atoms with van der Waals surface area (Å²) in [6.45, 7) is 0.167. The monoisotopic (exact) mass is 299 g/mol. The predicted molar refractivity (Wildman–Crippen MR) is 66.2 cm³/mol. The van der Waals surface area contributed by atoms with Crippen LogP contribution in [0, 0.1) is 5.82 Å². The third-order valence-electron chi connectivity index (χ3n) is 2.47. The lowest BCUT2D eigenvalue weighted by Crippen LogP contribution is -2.40. The topological polar surface area (TPSA) is 85.9 Å². The Balaban J connectivity index is 2.08. The Morgan fingerprint density at radius 3 is 2.55 bits per heavy atom. The predicted octanol–water partition coefficient (Wildman–Crippen LogP) is -0.0586. The van der Waals surface area contributed by atoms with Gasteiger partial charge in [-0.15, -0.1) is 0 Å². The van der Waals surface area contributed by atoms with Crippen molar-refractivity contribution in [3.8, 4) is 11.4 Å². The van der Waals surface area contributed by atoms with Gasteiger partial charge in [-0.1, -0.05) is 4.68 Å². The number of halogens is 1. The highest BCUT2D eigenvalue weighted by Crippen LogP contribution is 2.10. The first-order chi connectivity index (χ1) is 9.50. The highest BCUT2D eigenvalue weighted by atomic mass is 32.2. The largest absolute Gasteiger partial charge is 0.273 e. The molecule has 20 heavy (non-hydrogen) atoms. The summed E-state index contributed by atoms with van der Waals surface area (Å²) in [4.78, 5) is 7.65. The summed E-state index contributed by atoms with van der Waals surface area (Å²) in [5.41, 5.74) is 0.607. The summed E-state index contributed by atoms with van der Waals surface area (Å²) in [6, 6.07) is 1.67. The third-order valence-corrected chi connectivity index (χ3v) is 3.66. The molecule has 0 bridgehead atoms. The van der Waals surface area contributed by atoms with Crippen molar-refractivity contribution >= 4 is 10.1 Å². The van der Waals surface area contributed by atoms with Crippen LogP contribution in [0.25, 0.3) is 11.4 Å². The van der Waals surface area contributed by atoms with Crippen molar-refractivity contribution in [3.05, 3.63) is 36.7 Å². The lowest BCUT2D eigenvalue weighted by molar-refractivity contribution is -0.750. The fraction of sp³-hybridized carbons (Fsp3) is 0.273. The van der Waals surface area contributed by atoms with Crippen molar-refractivity contribution in [1.82, 2.24) is 15.1 Å². The Kier molecular flexibility index (Phi) is 4.30. The van der Waals surface area contributed by atoms with Crippen molar-refractivity contribution in [2.45, 2.75) is 6.54 Å². The van der Waals surface area contributed by atoms with Gasteiger partial charge in [0.2, 0.25) is 0 Å². The summed E-state index contributed by atoms with van der Waals surface area (Å²) in [5.74, 6) is -0.346.